The van der Waals surface area contributed by atoms with Crippen LogP contribution in [0, 0.1) is 11.7 Å². The average Bonchev–Trinajstić information content (AvgIpc) is 2.70. The molecule has 0 aromatic heterocycles. The summed E-state index contributed by atoms with van der Waals surface area (Å²) in [6, 6.07) is 6.25. The summed E-state index contributed by atoms with van der Waals surface area (Å²) in [7, 11) is 0. The molecule has 1 aromatic carbocycles. The molecular weight excluding hydrogens is 341 g/mol. The van der Waals surface area contributed by atoms with Crippen molar-refractivity contribution in [3.8, 4) is 0 Å². The molecule has 2 fully saturated rings. The molecule has 0 amide bonds. The summed E-state index contributed by atoms with van der Waals surface area (Å²) in [5, 5.41) is 0. The van der Waals surface area contributed by atoms with Gasteiger partial charge in [-0.15, -0.1) is 0 Å². The van der Waals surface area contributed by atoms with Crippen LogP contribution in [0.1, 0.15) is 81.5 Å². The summed E-state index contributed by atoms with van der Waals surface area (Å²) < 4.78 is 18.6. The Morgan fingerprint density at radius 1 is 1.04 bits per heavy atom. The van der Waals surface area contributed by atoms with E-state index in [1.165, 1.54) is 75.9 Å². The number of hydrogen-bond acceptors (Lipinski definition) is 3. The van der Waals surface area contributed by atoms with Crippen LogP contribution in [0.25, 0.3) is 0 Å². The number of benzene rings is 1. The first kappa shape index (κ1) is 20.3. The van der Waals surface area contributed by atoms with Crippen molar-refractivity contribution in [1.29, 1.82) is 0 Å². The minimum absolute atomic E-state index is 0.00499. The predicted octanol–water partition coefficient (Wildman–Crippen LogP) is 5.59. The van der Waals surface area contributed by atoms with Crippen LogP contribution in [0.3, 0.4) is 0 Å². The zero-order valence-corrected chi connectivity index (χ0v) is 16.7. The van der Waals surface area contributed by atoms with Crippen LogP contribution in [0.15, 0.2) is 24.3 Å². The third-order valence-electron chi connectivity index (χ3n) is 6.38. The molecule has 1 saturated carbocycles. The number of ether oxygens (including phenoxy) is 1. The Morgan fingerprint density at radius 3 is 2.33 bits per heavy atom. The molecule has 3 rings (SSSR count). The molecule has 1 aliphatic heterocycles. The van der Waals surface area contributed by atoms with Crippen molar-refractivity contribution in [2.75, 3.05) is 13.1 Å². The van der Waals surface area contributed by atoms with E-state index < -0.39 is 0 Å². The summed E-state index contributed by atoms with van der Waals surface area (Å²) in [5.74, 6) is 0.272. The molecule has 0 bridgehead atoms. The number of carbonyl (C=O) groups is 1. The number of carbonyl (C=O) groups excluding carboxylic acids is 1. The summed E-state index contributed by atoms with van der Waals surface area (Å²) in [6.45, 7) is 4.75. The minimum atomic E-state index is -0.332. The molecule has 0 atom stereocenters. The number of halogens is 1. The summed E-state index contributed by atoms with van der Waals surface area (Å²) in [5.41, 5.74) is 0.434. The van der Waals surface area contributed by atoms with Gasteiger partial charge < -0.3 is 9.64 Å². The van der Waals surface area contributed by atoms with E-state index in [-0.39, 0.29) is 17.9 Å². The van der Waals surface area contributed by atoms with E-state index >= 15 is 0 Å². The van der Waals surface area contributed by atoms with Crippen molar-refractivity contribution in [2.24, 2.45) is 5.92 Å². The van der Waals surface area contributed by atoms with E-state index in [0.29, 0.717) is 11.6 Å². The highest BCUT2D eigenvalue weighted by atomic mass is 19.1. The second-order valence-corrected chi connectivity index (χ2v) is 8.32. The maximum absolute atomic E-state index is 13.0. The minimum Gasteiger partial charge on any atom is -0.459 e. The molecule has 1 aliphatic carbocycles. The Bertz CT molecular complexity index is 573. The fourth-order valence-corrected chi connectivity index (χ4v) is 4.62. The molecule has 0 N–H and O–H groups in total. The molecule has 1 heterocycles. The fourth-order valence-electron chi connectivity index (χ4n) is 4.62. The SMILES string of the molecule is CCCCCC1CCN([C@H]2CC[C@H](OC(=O)c3ccc(F)cc3)CC2)CC1. The van der Waals surface area contributed by atoms with E-state index in [4.69, 9.17) is 4.74 Å². The number of hydrogen-bond donors (Lipinski definition) is 0. The predicted molar refractivity (Wildman–Crippen MR) is 106 cm³/mol. The van der Waals surface area contributed by atoms with Gasteiger partial charge in [0, 0.05) is 6.04 Å². The summed E-state index contributed by atoms with van der Waals surface area (Å²) in [4.78, 5) is 14.9. The van der Waals surface area contributed by atoms with Gasteiger partial charge in [-0.3, -0.25) is 0 Å². The molecule has 0 unspecified atom stereocenters. The third kappa shape index (κ3) is 6.03. The van der Waals surface area contributed by atoms with Crippen molar-refractivity contribution >= 4 is 5.97 Å². The Labute approximate surface area is 163 Å². The van der Waals surface area contributed by atoms with E-state index in [0.717, 1.165) is 31.6 Å². The molecule has 4 heteroatoms. The Hall–Kier alpha value is -1.42. The molecular formula is C23H34FNO2. The largest absolute Gasteiger partial charge is 0.459 e. The van der Waals surface area contributed by atoms with Crippen LogP contribution in [-0.2, 0) is 4.74 Å². The zero-order valence-electron chi connectivity index (χ0n) is 16.7. The van der Waals surface area contributed by atoms with Gasteiger partial charge in [0.2, 0.25) is 0 Å². The molecule has 1 saturated heterocycles. The van der Waals surface area contributed by atoms with Crippen LogP contribution in [0.4, 0.5) is 4.39 Å². The first-order valence-corrected chi connectivity index (χ1v) is 10.9. The van der Waals surface area contributed by atoms with E-state index in [2.05, 4.69) is 11.8 Å². The monoisotopic (exact) mass is 375 g/mol. The maximum Gasteiger partial charge on any atom is 0.338 e. The first-order valence-electron chi connectivity index (χ1n) is 10.9. The van der Waals surface area contributed by atoms with E-state index in [9.17, 15) is 9.18 Å². The van der Waals surface area contributed by atoms with Crippen LogP contribution < -0.4 is 0 Å². The molecule has 1 aromatic rings. The molecule has 3 nitrogen and oxygen atoms in total. The van der Waals surface area contributed by atoms with Gasteiger partial charge in [-0.05, 0) is 81.8 Å². The Kier molecular flexibility index (Phi) is 7.69. The topological polar surface area (TPSA) is 29.5 Å². The van der Waals surface area contributed by atoms with Gasteiger partial charge in [0.1, 0.15) is 11.9 Å². The quantitative estimate of drug-likeness (QED) is 0.460. The van der Waals surface area contributed by atoms with Crippen LogP contribution >= 0.6 is 0 Å². The fraction of sp³-hybridized carbons (Fsp3) is 0.696. The normalized spacial score (nSPS) is 24.7. The maximum atomic E-state index is 13.0. The van der Waals surface area contributed by atoms with Crippen molar-refractivity contribution in [2.45, 2.75) is 83.3 Å². The van der Waals surface area contributed by atoms with E-state index in [1.54, 1.807) is 0 Å². The number of esters is 1. The molecule has 0 radical (unpaired) electrons. The van der Waals surface area contributed by atoms with Gasteiger partial charge in [0.05, 0.1) is 5.56 Å². The lowest BCUT2D eigenvalue weighted by Crippen LogP contribution is -2.44. The average molecular weight is 376 g/mol. The number of likely N-dealkylation sites (tertiary alicyclic amines) is 1. The number of piperidine rings is 1. The van der Waals surface area contributed by atoms with Crippen molar-refractivity contribution in [3.63, 3.8) is 0 Å². The lowest BCUT2D eigenvalue weighted by molar-refractivity contribution is 0.00747. The van der Waals surface area contributed by atoms with Crippen LogP contribution in [-0.4, -0.2) is 36.1 Å². The third-order valence-corrected chi connectivity index (χ3v) is 6.38. The highest BCUT2D eigenvalue weighted by Gasteiger charge is 2.30. The number of rotatable bonds is 7. The summed E-state index contributed by atoms with van der Waals surface area (Å²) >= 11 is 0. The van der Waals surface area contributed by atoms with Gasteiger partial charge >= 0.3 is 5.97 Å². The van der Waals surface area contributed by atoms with Crippen molar-refractivity contribution in [3.05, 3.63) is 35.6 Å². The lowest BCUT2D eigenvalue weighted by Gasteiger charge is -2.40. The molecule has 0 spiro atoms. The summed E-state index contributed by atoms with van der Waals surface area (Å²) in [6.07, 6.45) is 12.3. The van der Waals surface area contributed by atoms with Gasteiger partial charge in [-0.1, -0.05) is 32.6 Å². The van der Waals surface area contributed by atoms with Gasteiger partial charge in [0.15, 0.2) is 0 Å². The zero-order chi connectivity index (χ0) is 19.1. The van der Waals surface area contributed by atoms with Crippen LogP contribution in [0.2, 0.25) is 0 Å². The smallest absolute Gasteiger partial charge is 0.338 e. The number of nitrogens with zero attached hydrogens (tertiary/aromatic N) is 1. The van der Waals surface area contributed by atoms with Crippen LogP contribution in [0.5, 0.6) is 0 Å². The van der Waals surface area contributed by atoms with Crippen molar-refractivity contribution < 1.29 is 13.9 Å². The highest BCUT2D eigenvalue weighted by molar-refractivity contribution is 5.89. The first-order chi connectivity index (χ1) is 13.2. The van der Waals surface area contributed by atoms with E-state index in [1.807, 2.05) is 0 Å². The molecule has 27 heavy (non-hydrogen) atoms. The standard InChI is InChI=1S/C23H34FNO2/c1-2-3-4-5-18-14-16-25(17-15-18)21-10-12-22(13-11-21)27-23(26)19-6-8-20(24)9-7-19/h6-9,18,21-22H,2-5,10-17H2,1H3/t21-,22-. The molecule has 150 valence electrons. The highest BCUT2D eigenvalue weighted by Crippen LogP contribution is 2.30. The van der Waals surface area contributed by atoms with Gasteiger partial charge in [-0.25, -0.2) is 9.18 Å². The van der Waals surface area contributed by atoms with Crippen molar-refractivity contribution in [1.82, 2.24) is 4.90 Å². The number of unbranched alkanes of at least 4 members (excludes halogenated alkanes) is 2. The van der Waals surface area contributed by atoms with Gasteiger partial charge in [0.25, 0.3) is 0 Å². The van der Waals surface area contributed by atoms with Gasteiger partial charge in [-0.2, -0.15) is 0 Å². The second kappa shape index (κ2) is 10.2. The Morgan fingerprint density at radius 2 is 1.70 bits per heavy atom. The lowest BCUT2D eigenvalue weighted by atomic mass is 9.87. The Balaban J connectivity index is 1.37. The second-order valence-electron chi connectivity index (χ2n) is 8.32. The molecule has 2 aliphatic rings.